The zero-order valence-corrected chi connectivity index (χ0v) is 6.93. The lowest BCUT2D eigenvalue weighted by Gasteiger charge is -1.98. The molecule has 74 valence electrons. The van der Waals surface area contributed by atoms with Gasteiger partial charge < -0.3 is 5.73 Å². The average molecular weight is 201 g/mol. The van der Waals surface area contributed by atoms with Crippen LogP contribution in [-0.2, 0) is 4.79 Å². The zero-order valence-electron chi connectivity index (χ0n) is 6.93. The van der Waals surface area contributed by atoms with Crippen LogP contribution < -0.4 is 5.73 Å². The number of carbonyl (C=O) groups excluding carboxylic acids is 1. The molecule has 2 nitrogen and oxygen atoms in total. The van der Waals surface area contributed by atoms with Gasteiger partial charge >= 0.3 is 0 Å². The van der Waals surface area contributed by atoms with Crippen molar-refractivity contribution < 1.29 is 18.0 Å². The van der Waals surface area contributed by atoms with E-state index in [9.17, 15) is 18.0 Å². The first kappa shape index (κ1) is 10.3. The molecule has 2 N–H and O–H groups in total. The van der Waals surface area contributed by atoms with Crippen LogP contribution in [0.1, 0.15) is 5.56 Å². The molecule has 14 heavy (non-hydrogen) atoms. The predicted octanol–water partition coefficient (Wildman–Crippen LogP) is 1.60. The number of carbonyl (C=O) groups is 1. The highest BCUT2D eigenvalue weighted by Crippen LogP contribution is 2.15. The molecule has 5 heteroatoms. The summed E-state index contributed by atoms with van der Waals surface area (Å²) in [7, 11) is 0. The number of nitrogens with two attached hydrogens (primary N) is 1. The molecule has 0 atom stereocenters. The van der Waals surface area contributed by atoms with Crippen LogP contribution in [0.5, 0.6) is 0 Å². The Hall–Kier alpha value is -1.78. The third-order valence-corrected chi connectivity index (χ3v) is 1.45. The van der Waals surface area contributed by atoms with Gasteiger partial charge in [0.25, 0.3) is 0 Å². The second-order valence-electron chi connectivity index (χ2n) is 2.53. The normalized spacial score (nSPS) is 10.8. The second-order valence-corrected chi connectivity index (χ2v) is 2.53. The lowest BCUT2D eigenvalue weighted by atomic mass is 10.2. The number of amides is 1. The van der Waals surface area contributed by atoms with Gasteiger partial charge in [0.05, 0.1) is 0 Å². The highest BCUT2D eigenvalue weighted by atomic mass is 19.2. The van der Waals surface area contributed by atoms with Crippen molar-refractivity contribution in [3.8, 4) is 0 Å². The Kier molecular flexibility index (Phi) is 2.91. The van der Waals surface area contributed by atoms with Crippen LogP contribution in [0.3, 0.4) is 0 Å². The summed E-state index contributed by atoms with van der Waals surface area (Å²) in [6.45, 7) is 0. The Morgan fingerprint density at radius 2 is 1.93 bits per heavy atom. The second kappa shape index (κ2) is 3.95. The molecule has 0 saturated carbocycles. The molecule has 1 rings (SSSR count). The molecule has 0 saturated heterocycles. The summed E-state index contributed by atoms with van der Waals surface area (Å²) in [6, 6.07) is 1.18. The van der Waals surface area contributed by atoms with Gasteiger partial charge in [0.1, 0.15) is 5.82 Å². The highest BCUT2D eigenvalue weighted by molar-refractivity contribution is 5.90. The summed E-state index contributed by atoms with van der Waals surface area (Å²) in [6.07, 6.45) is 1.72. The standard InChI is InChI=1S/C9H6F3NO/c10-6-3-5(1-2-8(13)14)9(12)7(11)4-6/h1-4H,(H2,13,14)/b2-1+. The quantitative estimate of drug-likeness (QED) is 0.573. The third kappa shape index (κ3) is 2.35. The van der Waals surface area contributed by atoms with Crippen molar-refractivity contribution in [1.82, 2.24) is 0 Å². The molecule has 1 amide bonds. The average Bonchev–Trinajstić information content (AvgIpc) is 2.08. The van der Waals surface area contributed by atoms with Gasteiger partial charge in [-0.2, -0.15) is 0 Å². The Balaban J connectivity index is 3.14. The Bertz CT molecular complexity index is 401. The molecule has 0 heterocycles. The van der Waals surface area contributed by atoms with E-state index < -0.39 is 23.4 Å². The summed E-state index contributed by atoms with van der Waals surface area (Å²) >= 11 is 0. The van der Waals surface area contributed by atoms with Crippen molar-refractivity contribution in [2.75, 3.05) is 0 Å². The predicted molar refractivity (Wildman–Crippen MR) is 44.5 cm³/mol. The number of primary amides is 1. The Morgan fingerprint density at radius 1 is 1.29 bits per heavy atom. The number of rotatable bonds is 2. The minimum Gasteiger partial charge on any atom is -0.366 e. The van der Waals surface area contributed by atoms with Crippen LogP contribution in [0.15, 0.2) is 18.2 Å². The summed E-state index contributed by atoms with van der Waals surface area (Å²) in [5.74, 6) is -4.28. The fourth-order valence-electron chi connectivity index (χ4n) is 0.869. The lowest BCUT2D eigenvalue weighted by Crippen LogP contribution is -2.05. The van der Waals surface area contributed by atoms with Gasteiger partial charge in [-0.1, -0.05) is 0 Å². The van der Waals surface area contributed by atoms with Crippen LogP contribution in [0, 0.1) is 17.5 Å². The molecule has 0 spiro atoms. The van der Waals surface area contributed by atoms with Gasteiger partial charge in [-0.05, 0) is 12.1 Å². The Morgan fingerprint density at radius 3 is 2.50 bits per heavy atom. The smallest absolute Gasteiger partial charge is 0.241 e. The lowest BCUT2D eigenvalue weighted by molar-refractivity contribution is -0.113. The number of hydrogen-bond acceptors (Lipinski definition) is 1. The summed E-state index contributed by atoms with van der Waals surface area (Å²) < 4.78 is 38.1. The monoisotopic (exact) mass is 201 g/mol. The summed E-state index contributed by atoms with van der Waals surface area (Å²) in [5, 5.41) is 0. The molecular formula is C9H6F3NO. The van der Waals surface area contributed by atoms with Gasteiger partial charge in [-0.15, -0.1) is 0 Å². The van der Waals surface area contributed by atoms with E-state index in [1.807, 2.05) is 0 Å². The number of halogens is 3. The van der Waals surface area contributed by atoms with Crippen LogP contribution in [0.2, 0.25) is 0 Å². The topological polar surface area (TPSA) is 43.1 Å². The first-order valence-corrected chi connectivity index (χ1v) is 3.63. The van der Waals surface area contributed by atoms with E-state index >= 15 is 0 Å². The molecule has 1 aromatic rings. The van der Waals surface area contributed by atoms with E-state index in [-0.39, 0.29) is 5.56 Å². The fourth-order valence-corrected chi connectivity index (χ4v) is 0.869. The van der Waals surface area contributed by atoms with Crippen molar-refractivity contribution in [3.05, 3.63) is 41.2 Å². The van der Waals surface area contributed by atoms with E-state index in [4.69, 9.17) is 5.73 Å². The first-order chi connectivity index (χ1) is 6.50. The van der Waals surface area contributed by atoms with Crippen molar-refractivity contribution in [1.29, 1.82) is 0 Å². The highest BCUT2D eigenvalue weighted by Gasteiger charge is 2.08. The van der Waals surface area contributed by atoms with Crippen LogP contribution in [-0.4, -0.2) is 5.91 Å². The maximum absolute atomic E-state index is 12.9. The molecule has 0 aliphatic heterocycles. The van der Waals surface area contributed by atoms with Gasteiger partial charge in [-0.3, -0.25) is 4.79 Å². The van der Waals surface area contributed by atoms with E-state index in [1.165, 1.54) is 0 Å². The maximum atomic E-state index is 12.9. The fraction of sp³-hybridized carbons (Fsp3) is 0. The minimum atomic E-state index is -1.31. The minimum absolute atomic E-state index is 0.360. The van der Waals surface area contributed by atoms with Crippen molar-refractivity contribution in [2.45, 2.75) is 0 Å². The largest absolute Gasteiger partial charge is 0.366 e. The molecule has 0 aliphatic rings. The van der Waals surface area contributed by atoms with Crippen LogP contribution in [0.25, 0.3) is 6.08 Å². The first-order valence-electron chi connectivity index (χ1n) is 3.63. The zero-order chi connectivity index (χ0) is 10.7. The Labute approximate surface area is 77.8 Å². The van der Waals surface area contributed by atoms with E-state index in [0.717, 1.165) is 18.2 Å². The van der Waals surface area contributed by atoms with Gasteiger partial charge in [0, 0.05) is 17.7 Å². The molecule has 0 aromatic heterocycles. The van der Waals surface area contributed by atoms with Crippen LogP contribution in [0.4, 0.5) is 13.2 Å². The molecule has 0 aliphatic carbocycles. The van der Waals surface area contributed by atoms with Gasteiger partial charge in [-0.25, -0.2) is 13.2 Å². The SMILES string of the molecule is NC(=O)/C=C/c1cc(F)cc(F)c1F. The van der Waals surface area contributed by atoms with E-state index in [2.05, 4.69) is 0 Å². The van der Waals surface area contributed by atoms with Crippen LogP contribution >= 0.6 is 0 Å². The van der Waals surface area contributed by atoms with E-state index in [1.54, 1.807) is 0 Å². The molecule has 0 fully saturated rings. The maximum Gasteiger partial charge on any atom is 0.241 e. The molecular weight excluding hydrogens is 195 g/mol. The van der Waals surface area contributed by atoms with Crippen molar-refractivity contribution in [3.63, 3.8) is 0 Å². The summed E-state index contributed by atoms with van der Waals surface area (Å²) in [4.78, 5) is 10.3. The number of benzene rings is 1. The third-order valence-electron chi connectivity index (χ3n) is 1.45. The molecule has 0 bridgehead atoms. The van der Waals surface area contributed by atoms with Crippen molar-refractivity contribution in [2.24, 2.45) is 5.73 Å². The molecule has 0 unspecified atom stereocenters. The molecule has 1 aromatic carbocycles. The van der Waals surface area contributed by atoms with Gasteiger partial charge in [0.2, 0.25) is 5.91 Å². The van der Waals surface area contributed by atoms with E-state index in [0.29, 0.717) is 6.07 Å². The number of hydrogen-bond donors (Lipinski definition) is 1. The molecule has 0 radical (unpaired) electrons. The van der Waals surface area contributed by atoms with Gasteiger partial charge in [0.15, 0.2) is 11.6 Å². The van der Waals surface area contributed by atoms with Crippen molar-refractivity contribution >= 4 is 12.0 Å². The summed E-state index contributed by atoms with van der Waals surface area (Å²) in [5.41, 5.74) is 4.37.